The lowest BCUT2D eigenvalue weighted by molar-refractivity contribution is 0.0950. The van der Waals surface area contributed by atoms with E-state index in [9.17, 15) is 4.79 Å². The number of benzene rings is 1. The number of halogens is 2. The molecule has 0 bridgehead atoms. The summed E-state index contributed by atoms with van der Waals surface area (Å²) in [7, 11) is 0. The predicted molar refractivity (Wildman–Crippen MR) is 81.9 cm³/mol. The molecule has 0 fully saturated rings. The Bertz CT molecular complexity index is 558. The lowest BCUT2D eigenvalue weighted by Gasteiger charge is -2.03. The molecule has 5 nitrogen and oxygen atoms in total. The molecule has 2 rings (SSSR count). The van der Waals surface area contributed by atoms with Crippen molar-refractivity contribution >= 4 is 45.1 Å². The molecular formula is C12H16BrClN4O. The van der Waals surface area contributed by atoms with Gasteiger partial charge in [0.15, 0.2) is 5.69 Å². The summed E-state index contributed by atoms with van der Waals surface area (Å²) < 4.78 is 0.929. The van der Waals surface area contributed by atoms with E-state index in [1.165, 1.54) is 0 Å². The van der Waals surface area contributed by atoms with Crippen LogP contribution in [0.5, 0.6) is 0 Å². The second kappa shape index (κ2) is 7.47. The van der Waals surface area contributed by atoms with Gasteiger partial charge in [-0.15, -0.1) is 12.4 Å². The van der Waals surface area contributed by atoms with Crippen LogP contribution in [-0.2, 0) is 0 Å². The molecule has 0 saturated carbocycles. The van der Waals surface area contributed by atoms with Gasteiger partial charge < -0.3 is 10.6 Å². The molecule has 0 radical (unpaired) electrons. The topological polar surface area (TPSA) is 69.8 Å². The maximum Gasteiger partial charge on any atom is 0.272 e. The van der Waals surface area contributed by atoms with E-state index in [4.69, 9.17) is 0 Å². The van der Waals surface area contributed by atoms with Gasteiger partial charge >= 0.3 is 0 Å². The lowest BCUT2D eigenvalue weighted by Crippen LogP contribution is -2.32. The number of hydrogen-bond acceptors (Lipinski definition) is 3. The molecule has 104 valence electrons. The van der Waals surface area contributed by atoms with E-state index >= 15 is 0 Å². The third kappa shape index (κ3) is 3.92. The van der Waals surface area contributed by atoms with E-state index in [1.54, 1.807) is 0 Å². The fourth-order valence-electron chi connectivity index (χ4n) is 1.68. The molecule has 1 amide bonds. The molecule has 0 spiro atoms. The molecule has 19 heavy (non-hydrogen) atoms. The van der Waals surface area contributed by atoms with Crippen LogP contribution in [0.4, 0.5) is 0 Å². The quantitative estimate of drug-likeness (QED) is 0.725. The van der Waals surface area contributed by atoms with Gasteiger partial charge in [0.1, 0.15) is 0 Å². The molecule has 1 aromatic carbocycles. The minimum absolute atomic E-state index is 0. The highest BCUT2D eigenvalue weighted by molar-refractivity contribution is 9.10. The summed E-state index contributed by atoms with van der Waals surface area (Å²) >= 11 is 3.39. The van der Waals surface area contributed by atoms with Crippen molar-refractivity contribution in [2.75, 3.05) is 19.6 Å². The van der Waals surface area contributed by atoms with E-state index in [1.807, 2.05) is 25.1 Å². The zero-order valence-electron chi connectivity index (χ0n) is 10.5. The first-order valence-electron chi connectivity index (χ1n) is 5.85. The summed E-state index contributed by atoms with van der Waals surface area (Å²) in [6.45, 7) is 4.28. The maximum absolute atomic E-state index is 12.0. The molecule has 0 unspecified atom stereocenters. The van der Waals surface area contributed by atoms with Gasteiger partial charge in [-0.1, -0.05) is 22.9 Å². The average molecular weight is 348 g/mol. The molecule has 3 N–H and O–H groups in total. The number of nitrogens with zero attached hydrogens (tertiary/aromatic N) is 1. The van der Waals surface area contributed by atoms with Crippen molar-refractivity contribution < 1.29 is 4.79 Å². The van der Waals surface area contributed by atoms with Crippen molar-refractivity contribution in [2.45, 2.75) is 6.92 Å². The maximum atomic E-state index is 12.0. The number of aromatic amines is 1. The summed E-state index contributed by atoms with van der Waals surface area (Å²) in [5.74, 6) is -0.155. The molecule has 1 aromatic heterocycles. The number of likely N-dealkylation sites (N-methyl/N-ethyl adjacent to an activating group) is 1. The van der Waals surface area contributed by atoms with Gasteiger partial charge in [0, 0.05) is 22.9 Å². The Kier molecular flexibility index (Phi) is 6.27. The normalized spacial score (nSPS) is 10.2. The Labute approximate surface area is 126 Å². The van der Waals surface area contributed by atoms with Gasteiger partial charge in [-0.2, -0.15) is 5.10 Å². The third-order valence-corrected chi connectivity index (χ3v) is 3.07. The van der Waals surface area contributed by atoms with E-state index in [2.05, 4.69) is 36.8 Å². The molecule has 0 aliphatic heterocycles. The van der Waals surface area contributed by atoms with Gasteiger partial charge in [0.05, 0.1) is 5.52 Å². The van der Waals surface area contributed by atoms with Crippen molar-refractivity contribution in [3.05, 3.63) is 28.4 Å². The summed E-state index contributed by atoms with van der Waals surface area (Å²) in [6.07, 6.45) is 0. The van der Waals surface area contributed by atoms with Gasteiger partial charge in [0.25, 0.3) is 5.91 Å². The Morgan fingerprint density at radius 1 is 1.42 bits per heavy atom. The van der Waals surface area contributed by atoms with Crippen LogP contribution in [0.1, 0.15) is 17.4 Å². The fourth-order valence-corrected chi connectivity index (χ4v) is 2.05. The van der Waals surface area contributed by atoms with Crippen molar-refractivity contribution in [3.63, 3.8) is 0 Å². The standard InChI is InChI=1S/C12H15BrN4O.ClH/c1-2-14-5-6-15-12(18)11-9-7-8(13)3-4-10(9)16-17-11;/h3-4,7,14H,2,5-6H2,1H3,(H,15,18)(H,16,17);1H. The first kappa shape index (κ1) is 15.9. The number of aromatic nitrogens is 2. The number of nitrogens with one attached hydrogen (secondary N) is 3. The van der Waals surface area contributed by atoms with Gasteiger partial charge in [0.2, 0.25) is 0 Å². The second-order valence-electron chi connectivity index (χ2n) is 3.87. The highest BCUT2D eigenvalue weighted by Gasteiger charge is 2.13. The van der Waals surface area contributed by atoms with Crippen LogP contribution in [0.25, 0.3) is 10.9 Å². The Balaban J connectivity index is 0.00000180. The van der Waals surface area contributed by atoms with Crippen molar-refractivity contribution in [3.8, 4) is 0 Å². The molecule has 0 saturated heterocycles. The minimum atomic E-state index is -0.155. The molecule has 0 aliphatic rings. The monoisotopic (exact) mass is 346 g/mol. The van der Waals surface area contributed by atoms with Gasteiger partial charge in [-0.05, 0) is 24.7 Å². The van der Waals surface area contributed by atoms with Gasteiger partial charge in [-0.25, -0.2) is 0 Å². The van der Waals surface area contributed by atoms with Crippen LogP contribution in [0, 0.1) is 0 Å². The SMILES string of the molecule is CCNCCNC(=O)c1n[nH]c2ccc(Br)cc12.Cl. The van der Waals surface area contributed by atoms with Crippen LogP contribution in [-0.4, -0.2) is 35.7 Å². The Morgan fingerprint density at radius 2 is 2.21 bits per heavy atom. The summed E-state index contributed by atoms with van der Waals surface area (Å²) in [6, 6.07) is 5.69. The van der Waals surface area contributed by atoms with Crippen LogP contribution in [0.2, 0.25) is 0 Å². The molecule has 0 aliphatic carbocycles. The van der Waals surface area contributed by atoms with E-state index in [-0.39, 0.29) is 18.3 Å². The summed E-state index contributed by atoms with van der Waals surface area (Å²) in [5, 5.41) is 13.7. The van der Waals surface area contributed by atoms with E-state index in [0.29, 0.717) is 12.2 Å². The largest absolute Gasteiger partial charge is 0.349 e. The van der Waals surface area contributed by atoms with Crippen LogP contribution >= 0.6 is 28.3 Å². The van der Waals surface area contributed by atoms with Crippen LogP contribution in [0.15, 0.2) is 22.7 Å². The zero-order chi connectivity index (χ0) is 13.0. The molecule has 7 heteroatoms. The fraction of sp³-hybridized carbons (Fsp3) is 0.333. The Hall–Kier alpha value is -1.11. The highest BCUT2D eigenvalue weighted by atomic mass is 79.9. The minimum Gasteiger partial charge on any atom is -0.349 e. The lowest BCUT2D eigenvalue weighted by atomic mass is 10.2. The summed E-state index contributed by atoms with van der Waals surface area (Å²) in [5.41, 5.74) is 1.29. The number of H-pyrrole nitrogens is 1. The number of hydrogen-bond donors (Lipinski definition) is 3. The number of fused-ring (bicyclic) bond motifs is 1. The molecular weight excluding hydrogens is 332 g/mol. The molecule has 2 aromatic rings. The van der Waals surface area contributed by atoms with Crippen LogP contribution in [0.3, 0.4) is 0 Å². The zero-order valence-corrected chi connectivity index (χ0v) is 12.9. The van der Waals surface area contributed by atoms with Crippen molar-refractivity contribution in [1.29, 1.82) is 0 Å². The number of carbonyl (C=O) groups is 1. The molecule has 1 heterocycles. The molecule has 0 atom stereocenters. The summed E-state index contributed by atoms with van der Waals surface area (Å²) in [4.78, 5) is 12.0. The number of amides is 1. The number of carbonyl (C=O) groups excluding carboxylic acids is 1. The second-order valence-corrected chi connectivity index (χ2v) is 4.79. The van der Waals surface area contributed by atoms with Crippen molar-refractivity contribution in [1.82, 2.24) is 20.8 Å². The first-order chi connectivity index (χ1) is 8.72. The first-order valence-corrected chi connectivity index (χ1v) is 6.64. The smallest absolute Gasteiger partial charge is 0.272 e. The average Bonchev–Trinajstić information content (AvgIpc) is 2.77. The van der Waals surface area contributed by atoms with E-state index < -0.39 is 0 Å². The predicted octanol–water partition coefficient (Wildman–Crippen LogP) is 2.09. The van der Waals surface area contributed by atoms with Crippen LogP contribution < -0.4 is 10.6 Å². The van der Waals surface area contributed by atoms with Crippen molar-refractivity contribution in [2.24, 2.45) is 0 Å². The number of rotatable bonds is 5. The van der Waals surface area contributed by atoms with Gasteiger partial charge in [-0.3, -0.25) is 9.89 Å². The van der Waals surface area contributed by atoms with E-state index in [0.717, 1.165) is 28.5 Å². The Morgan fingerprint density at radius 3 is 2.95 bits per heavy atom. The highest BCUT2D eigenvalue weighted by Crippen LogP contribution is 2.20. The third-order valence-electron chi connectivity index (χ3n) is 2.58.